The molecule has 1 rings (SSSR count). The van der Waals surface area contributed by atoms with Crippen LogP contribution in [0.2, 0.25) is 0 Å². The van der Waals surface area contributed by atoms with Crippen LogP contribution in [0.5, 0.6) is 0 Å². The monoisotopic (exact) mass is 184 g/mol. The van der Waals surface area contributed by atoms with E-state index in [-0.39, 0.29) is 5.92 Å². The lowest BCUT2D eigenvalue weighted by atomic mass is 10.2. The van der Waals surface area contributed by atoms with Gasteiger partial charge in [-0.25, -0.2) is 0 Å². The number of nitrogens with zero attached hydrogens (tertiary/aromatic N) is 1. The summed E-state index contributed by atoms with van der Waals surface area (Å²) in [6.45, 7) is 2.62. The molecule has 0 aliphatic carbocycles. The molecular formula is C8H12N2O3. The number of aliphatic carboxylic acids is 1. The first-order chi connectivity index (χ1) is 6.20. The third-order valence-electron chi connectivity index (χ3n) is 1.67. The first-order valence-electron chi connectivity index (χ1n) is 4.03. The fourth-order valence-corrected chi connectivity index (χ4v) is 0.833. The zero-order valence-corrected chi connectivity index (χ0v) is 7.36. The Morgan fingerprint density at radius 1 is 1.85 bits per heavy atom. The van der Waals surface area contributed by atoms with Crippen molar-refractivity contribution in [2.75, 3.05) is 6.54 Å². The molecule has 1 heterocycles. The molecule has 0 spiro atoms. The van der Waals surface area contributed by atoms with Crippen molar-refractivity contribution in [1.82, 2.24) is 10.5 Å². The number of hydrogen-bond acceptors (Lipinski definition) is 4. The smallest absolute Gasteiger partial charge is 0.307 e. The highest BCUT2D eigenvalue weighted by atomic mass is 16.5. The molecule has 0 fully saturated rings. The van der Waals surface area contributed by atoms with Crippen molar-refractivity contribution in [3.8, 4) is 0 Å². The quantitative estimate of drug-likeness (QED) is 0.696. The van der Waals surface area contributed by atoms with Crippen LogP contribution in [0.15, 0.2) is 16.9 Å². The fourth-order valence-electron chi connectivity index (χ4n) is 0.833. The molecule has 0 aliphatic rings. The molecule has 2 N–H and O–H groups in total. The van der Waals surface area contributed by atoms with Gasteiger partial charge in [-0.1, -0.05) is 12.1 Å². The lowest BCUT2D eigenvalue weighted by Gasteiger charge is -2.05. The SMILES string of the molecule is CC(CNCc1ccon1)C(=O)O. The molecule has 1 aromatic heterocycles. The van der Waals surface area contributed by atoms with Crippen molar-refractivity contribution in [1.29, 1.82) is 0 Å². The number of hydrogen-bond donors (Lipinski definition) is 2. The molecule has 0 radical (unpaired) electrons. The molecule has 0 aliphatic heterocycles. The van der Waals surface area contributed by atoms with Crippen molar-refractivity contribution in [2.45, 2.75) is 13.5 Å². The second-order valence-electron chi connectivity index (χ2n) is 2.86. The Bertz CT molecular complexity index is 258. The number of aromatic nitrogens is 1. The van der Waals surface area contributed by atoms with E-state index in [4.69, 9.17) is 5.11 Å². The third kappa shape index (κ3) is 3.25. The molecular weight excluding hydrogens is 172 g/mol. The summed E-state index contributed by atoms with van der Waals surface area (Å²) in [5.41, 5.74) is 0.776. The molecule has 0 amide bonds. The molecule has 0 saturated heterocycles. The Kier molecular flexibility index (Phi) is 3.45. The van der Waals surface area contributed by atoms with E-state index in [0.29, 0.717) is 13.1 Å². The molecule has 0 bridgehead atoms. The summed E-state index contributed by atoms with van der Waals surface area (Å²) in [6, 6.07) is 1.73. The van der Waals surface area contributed by atoms with Gasteiger partial charge in [0.2, 0.25) is 0 Å². The largest absolute Gasteiger partial charge is 0.481 e. The van der Waals surface area contributed by atoms with Crippen molar-refractivity contribution >= 4 is 5.97 Å². The van der Waals surface area contributed by atoms with E-state index in [1.807, 2.05) is 0 Å². The van der Waals surface area contributed by atoms with Crippen LogP contribution in [0.1, 0.15) is 12.6 Å². The van der Waals surface area contributed by atoms with Crippen LogP contribution in [0, 0.1) is 5.92 Å². The van der Waals surface area contributed by atoms with Crippen LogP contribution in [-0.2, 0) is 11.3 Å². The van der Waals surface area contributed by atoms with Gasteiger partial charge < -0.3 is 14.9 Å². The average Bonchev–Trinajstić information content (AvgIpc) is 2.56. The van der Waals surface area contributed by atoms with Gasteiger partial charge in [0.15, 0.2) is 0 Å². The van der Waals surface area contributed by atoms with Crippen LogP contribution < -0.4 is 5.32 Å². The third-order valence-corrected chi connectivity index (χ3v) is 1.67. The van der Waals surface area contributed by atoms with E-state index in [1.54, 1.807) is 13.0 Å². The average molecular weight is 184 g/mol. The van der Waals surface area contributed by atoms with Crippen LogP contribution >= 0.6 is 0 Å². The van der Waals surface area contributed by atoms with Gasteiger partial charge in [-0.05, 0) is 0 Å². The van der Waals surface area contributed by atoms with Gasteiger partial charge in [0.1, 0.15) is 6.26 Å². The summed E-state index contributed by atoms with van der Waals surface area (Å²) >= 11 is 0. The predicted molar refractivity (Wildman–Crippen MR) is 45.0 cm³/mol. The lowest BCUT2D eigenvalue weighted by molar-refractivity contribution is -0.140. The van der Waals surface area contributed by atoms with Crippen molar-refractivity contribution in [3.63, 3.8) is 0 Å². The molecule has 72 valence electrons. The number of carboxylic acids is 1. The standard InChI is InChI=1S/C8H12N2O3/c1-6(8(11)12)4-9-5-7-2-3-13-10-7/h2-3,6,9H,4-5H2,1H3,(H,11,12). The Hall–Kier alpha value is -1.36. The number of carbonyl (C=O) groups is 1. The van der Waals surface area contributed by atoms with Crippen LogP contribution in [0.4, 0.5) is 0 Å². The number of rotatable bonds is 5. The summed E-state index contributed by atoms with van der Waals surface area (Å²) in [7, 11) is 0. The highest BCUT2D eigenvalue weighted by molar-refractivity contribution is 5.69. The minimum atomic E-state index is -0.798. The number of carboxylic acid groups (broad SMARTS) is 1. The van der Waals surface area contributed by atoms with E-state index in [9.17, 15) is 4.79 Å². The van der Waals surface area contributed by atoms with Gasteiger partial charge in [-0.15, -0.1) is 0 Å². The molecule has 5 nitrogen and oxygen atoms in total. The summed E-state index contributed by atoms with van der Waals surface area (Å²) in [5, 5.41) is 15.2. The summed E-state index contributed by atoms with van der Waals surface area (Å²) in [6.07, 6.45) is 1.48. The van der Waals surface area contributed by atoms with E-state index >= 15 is 0 Å². The van der Waals surface area contributed by atoms with Crippen LogP contribution in [0.3, 0.4) is 0 Å². The van der Waals surface area contributed by atoms with Gasteiger partial charge in [0.25, 0.3) is 0 Å². The second kappa shape index (κ2) is 4.61. The van der Waals surface area contributed by atoms with Gasteiger partial charge >= 0.3 is 5.97 Å². The Morgan fingerprint density at radius 3 is 3.15 bits per heavy atom. The van der Waals surface area contributed by atoms with Gasteiger partial charge in [0, 0.05) is 19.2 Å². The summed E-state index contributed by atoms with van der Waals surface area (Å²) < 4.78 is 4.61. The molecule has 1 aromatic rings. The minimum absolute atomic E-state index is 0.382. The molecule has 0 saturated carbocycles. The zero-order chi connectivity index (χ0) is 9.68. The molecule has 5 heteroatoms. The maximum Gasteiger partial charge on any atom is 0.307 e. The fraction of sp³-hybridized carbons (Fsp3) is 0.500. The second-order valence-corrected chi connectivity index (χ2v) is 2.86. The number of nitrogens with one attached hydrogen (secondary N) is 1. The van der Waals surface area contributed by atoms with Crippen molar-refractivity contribution in [2.24, 2.45) is 5.92 Å². The van der Waals surface area contributed by atoms with Crippen LogP contribution in [-0.4, -0.2) is 22.8 Å². The topological polar surface area (TPSA) is 75.4 Å². The molecule has 13 heavy (non-hydrogen) atoms. The van der Waals surface area contributed by atoms with E-state index in [0.717, 1.165) is 5.69 Å². The summed E-state index contributed by atoms with van der Waals surface area (Å²) in [4.78, 5) is 10.4. The first kappa shape index (κ1) is 9.73. The van der Waals surface area contributed by atoms with Gasteiger partial charge in [-0.2, -0.15) is 0 Å². The highest BCUT2D eigenvalue weighted by Gasteiger charge is 2.09. The molecule has 1 unspecified atom stereocenters. The highest BCUT2D eigenvalue weighted by Crippen LogP contribution is 1.95. The Labute approximate surface area is 75.7 Å². The van der Waals surface area contributed by atoms with Gasteiger partial charge in [-0.3, -0.25) is 4.79 Å². The summed E-state index contributed by atoms with van der Waals surface area (Å²) in [5.74, 6) is -1.18. The lowest BCUT2D eigenvalue weighted by Crippen LogP contribution is -2.25. The van der Waals surface area contributed by atoms with Gasteiger partial charge in [0.05, 0.1) is 11.6 Å². The Balaban J connectivity index is 2.18. The maximum absolute atomic E-state index is 10.4. The molecule has 0 aromatic carbocycles. The van der Waals surface area contributed by atoms with E-state index < -0.39 is 5.97 Å². The normalized spacial score (nSPS) is 12.7. The van der Waals surface area contributed by atoms with Crippen LogP contribution in [0.25, 0.3) is 0 Å². The van der Waals surface area contributed by atoms with E-state index in [1.165, 1.54) is 6.26 Å². The van der Waals surface area contributed by atoms with E-state index in [2.05, 4.69) is 15.0 Å². The Morgan fingerprint density at radius 2 is 2.62 bits per heavy atom. The zero-order valence-electron chi connectivity index (χ0n) is 7.36. The maximum atomic E-state index is 10.4. The van der Waals surface area contributed by atoms with Crippen molar-refractivity contribution < 1.29 is 14.4 Å². The molecule has 1 atom stereocenters. The minimum Gasteiger partial charge on any atom is -0.481 e. The first-order valence-corrected chi connectivity index (χ1v) is 4.03. The predicted octanol–water partition coefficient (Wildman–Crippen LogP) is 0.485. The van der Waals surface area contributed by atoms with Crippen molar-refractivity contribution in [3.05, 3.63) is 18.0 Å².